The first-order chi connectivity index (χ1) is 11.5. The normalized spacial score (nSPS) is 23.6. The minimum absolute atomic E-state index is 0.148. The second kappa shape index (κ2) is 8.04. The molecular formula is C18H21FO5. The molecule has 0 aromatic heterocycles. The van der Waals surface area contributed by atoms with Gasteiger partial charge >= 0.3 is 11.9 Å². The van der Waals surface area contributed by atoms with Crippen LogP contribution in [0.1, 0.15) is 38.2 Å². The Kier molecular flexibility index (Phi) is 6.06. The van der Waals surface area contributed by atoms with Gasteiger partial charge < -0.3 is 9.47 Å². The highest BCUT2D eigenvalue weighted by Gasteiger charge is 2.48. The van der Waals surface area contributed by atoms with Gasteiger partial charge in [-0.2, -0.15) is 0 Å². The summed E-state index contributed by atoms with van der Waals surface area (Å²) in [5.41, 5.74) is 0.508. The zero-order chi connectivity index (χ0) is 17.7. The standard InChI is InChI=1S/C18H21FO5/c1-3-23-17(21)13-9-10-14(20)15(16(13)18(22)24-4-2)11-5-7-12(19)8-6-11/h5-8,13,15-16H,3-4,9-10H2,1-2H3/t13-,15-,16-/m1/s1. The van der Waals surface area contributed by atoms with E-state index in [1.54, 1.807) is 13.8 Å². The number of carbonyl (C=O) groups is 3. The van der Waals surface area contributed by atoms with Crippen molar-refractivity contribution in [3.05, 3.63) is 35.6 Å². The van der Waals surface area contributed by atoms with Crippen LogP contribution in [0.5, 0.6) is 0 Å². The highest BCUT2D eigenvalue weighted by molar-refractivity contribution is 5.95. The molecule has 6 heteroatoms. The van der Waals surface area contributed by atoms with Crippen molar-refractivity contribution in [1.29, 1.82) is 0 Å². The van der Waals surface area contributed by atoms with Crippen molar-refractivity contribution >= 4 is 17.7 Å². The maximum absolute atomic E-state index is 13.2. The summed E-state index contributed by atoms with van der Waals surface area (Å²) in [4.78, 5) is 37.2. The first-order valence-corrected chi connectivity index (χ1v) is 8.11. The van der Waals surface area contributed by atoms with Crippen molar-refractivity contribution in [3.8, 4) is 0 Å². The molecule has 5 nitrogen and oxygen atoms in total. The topological polar surface area (TPSA) is 69.7 Å². The van der Waals surface area contributed by atoms with E-state index in [1.165, 1.54) is 24.3 Å². The molecule has 0 spiro atoms. The van der Waals surface area contributed by atoms with Crippen LogP contribution in [0, 0.1) is 17.7 Å². The van der Waals surface area contributed by atoms with Gasteiger partial charge in [0.1, 0.15) is 11.6 Å². The number of hydrogen-bond donors (Lipinski definition) is 0. The molecule has 3 atom stereocenters. The van der Waals surface area contributed by atoms with Gasteiger partial charge in [0.2, 0.25) is 0 Å². The Bertz CT molecular complexity index is 610. The van der Waals surface area contributed by atoms with Crippen molar-refractivity contribution in [2.75, 3.05) is 13.2 Å². The van der Waals surface area contributed by atoms with Gasteiger partial charge in [-0.3, -0.25) is 14.4 Å². The summed E-state index contributed by atoms with van der Waals surface area (Å²) < 4.78 is 23.3. The summed E-state index contributed by atoms with van der Waals surface area (Å²) in [6.45, 7) is 3.69. The highest BCUT2D eigenvalue weighted by atomic mass is 19.1. The Labute approximate surface area is 140 Å². The quantitative estimate of drug-likeness (QED) is 0.773. The second-order valence-electron chi connectivity index (χ2n) is 5.67. The van der Waals surface area contributed by atoms with Gasteiger partial charge in [-0.15, -0.1) is 0 Å². The summed E-state index contributed by atoms with van der Waals surface area (Å²) in [7, 11) is 0. The van der Waals surface area contributed by atoms with Crippen molar-refractivity contribution in [2.24, 2.45) is 11.8 Å². The van der Waals surface area contributed by atoms with Gasteiger partial charge in [-0.25, -0.2) is 4.39 Å². The molecule has 0 heterocycles. The van der Waals surface area contributed by atoms with E-state index in [0.717, 1.165) is 0 Å². The van der Waals surface area contributed by atoms with Crippen molar-refractivity contribution in [3.63, 3.8) is 0 Å². The van der Waals surface area contributed by atoms with Crippen LogP contribution in [0.15, 0.2) is 24.3 Å². The zero-order valence-corrected chi connectivity index (χ0v) is 13.8. The average molecular weight is 336 g/mol. The molecule has 24 heavy (non-hydrogen) atoms. The molecule has 1 saturated carbocycles. The summed E-state index contributed by atoms with van der Waals surface area (Å²) in [6, 6.07) is 5.41. The Hall–Kier alpha value is -2.24. The highest BCUT2D eigenvalue weighted by Crippen LogP contribution is 2.40. The molecule has 0 saturated heterocycles. The fourth-order valence-electron chi connectivity index (χ4n) is 3.18. The zero-order valence-electron chi connectivity index (χ0n) is 13.8. The third-order valence-corrected chi connectivity index (χ3v) is 4.22. The van der Waals surface area contributed by atoms with Gasteiger partial charge in [0.15, 0.2) is 0 Å². The van der Waals surface area contributed by atoms with E-state index in [0.29, 0.717) is 5.56 Å². The number of carbonyl (C=O) groups excluding carboxylic acids is 3. The van der Waals surface area contributed by atoms with Crippen LogP contribution in [0.25, 0.3) is 0 Å². The molecular weight excluding hydrogens is 315 g/mol. The largest absolute Gasteiger partial charge is 0.466 e. The summed E-state index contributed by atoms with van der Waals surface area (Å²) in [6.07, 6.45) is 0.417. The molecule has 1 aliphatic carbocycles. The third-order valence-electron chi connectivity index (χ3n) is 4.22. The van der Waals surface area contributed by atoms with Crippen LogP contribution in [0.4, 0.5) is 4.39 Å². The molecule has 0 N–H and O–H groups in total. The molecule has 0 unspecified atom stereocenters. The lowest BCUT2D eigenvalue weighted by Crippen LogP contribution is -2.43. The predicted octanol–water partition coefficient (Wildman–Crippen LogP) is 2.63. The van der Waals surface area contributed by atoms with Crippen molar-refractivity contribution in [2.45, 2.75) is 32.6 Å². The van der Waals surface area contributed by atoms with E-state index in [9.17, 15) is 18.8 Å². The van der Waals surface area contributed by atoms with Gasteiger partial charge in [0.05, 0.1) is 31.0 Å². The number of hydrogen-bond acceptors (Lipinski definition) is 5. The van der Waals surface area contributed by atoms with Gasteiger partial charge in [-0.1, -0.05) is 12.1 Å². The van der Waals surface area contributed by atoms with E-state index < -0.39 is 35.5 Å². The molecule has 130 valence electrons. The van der Waals surface area contributed by atoms with Crippen LogP contribution in [0.2, 0.25) is 0 Å². The smallest absolute Gasteiger partial charge is 0.310 e. The molecule has 0 bridgehead atoms. The number of esters is 2. The molecule has 0 amide bonds. The maximum atomic E-state index is 13.2. The fraction of sp³-hybridized carbons (Fsp3) is 0.500. The summed E-state index contributed by atoms with van der Waals surface area (Å²) >= 11 is 0. The van der Waals surface area contributed by atoms with E-state index in [2.05, 4.69) is 0 Å². The number of ketones is 1. The van der Waals surface area contributed by atoms with Gasteiger partial charge in [-0.05, 0) is 38.0 Å². The van der Waals surface area contributed by atoms with Crippen LogP contribution in [-0.4, -0.2) is 30.9 Å². The van der Waals surface area contributed by atoms with Gasteiger partial charge in [0.25, 0.3) is 0 Å². The lowest BCUT2D eigenvalue weighted by Gasteiger charge is -2.34. The molecule has 1 aromatic carbocycles. The predicted molar refractivity (Wildman–Crippen MR) is 83.6 cm³/mol. The Morgan fingerprint density at radius 1 is 1.08 bits per heavy atom. The third kappa shape index (κ3) is 3.80. The molecule has 1 fully saturated rings. The van der Waals surface area contributed by atoms with Crippen LogP contribution in [-0.2, 0) is 23.9 Å². The van der Waals surface area contributed by atoms with E-state index in [-0.39, 0.29) is 31.8 Å². The van der Waals surface area contributed by atoms with E-state index in [1.807, 2.05) is 0 Å². The number of rotatable bonds is 5. The fourth-order valence-corrected chi connectivity index (χ4v) is 3.18. The maximum Gasteiger partial charge on any atom is 0.310 e. The minimum atomic E-state index is -0.948. The van der Waals surface area contributed by atoms with Crippen LogP contribution < -0.4 is 0 Å². The molecule has 1 aromatic rings. The molecule has 1 aliphatic rings. The first kappa shape index (κ1) is 18.1. The SMILES string of the molecule is CCOC(=O)[C@@H]1[C@H](C(=O)OCC)CCC(=O)[C@H]1c1ccc(F)cc1. The molecule has 2 rings (SSSR count). The Morgan fingerprint density at radius 2 is 1.67 bits per heavy atom. The molecule has 0 aliphatic heterocycles. The number of halogens is 1. The van der Waals surface area contributed by atoms with Crippen molar-refractivity contribution < 1.29 is 28.2 Å². The second-order valence-corrected chi connectivity index (χ2v) is 5.67. The minimum Gasteiger partial charge on any atom is -0.466 e. The summed E-state index contributed by atoms with van der Waals surface area (Å²) in [5.74, 6) is -4.20. The lowest BCUT2D eigenvalue weighted by molar-refractivity contribution is -0.164. The lowest BCUT2D eigenvalue weighted by atomic mass is 9.68. The number of benzene rings is 1. The summed E-state index contributed by atoms with van der Waals surface area (Å²) in [5, 5.41) is 0. The van der Waals surface area contributed by atoms with Crippen molar-refractivity contribution in [1.82, 2.24) is 0 Å². The first-order valence-electron chi connectivity index (χ1n) is 8.11. The Morgan fingerprint density at radius 3 is 2.25 bits per heavy atom. The Balaban J connectivity index is 2.41. The monoisotopic (exact) mass is 336 g/mol. The molecule has 0 radical (unpaired) electrons. The number of Topliss-reactive ketones (excluding diaryl/α,β-unsaturated/α-hetero) is 1. The van der Waals surface area contributed by atoms with E-state index >= 15 is 0 Å². The number of ether oxygens (including phenoxy) is 2. The van der Waals surface area contributed by atoms with Crippen LogP contribution >= 0.6 is 0 Å². The van der Waals surface area contributed by atoms with Gasteiger partial charge in [0, 0.05) is 6.42 Å². The van der Waals surface area contributed by atoms with Crippen LogP contribution in [0.3, 0.4) is 0 Å². The van der Waals surface area contributed by atoms with E-state index in [4.69, 9.17) is 9.47 Å². The average Bonchev–Trinajstić information content (AvgIpc) is 2.56.